The summed E-state index contributed by atoms with van der Waals surface area (Å²) in [5.41, 5.74) is 0. The molecule has 0 radical (unpaired) electrons. The smallest absolute Gasteiger partial charge is 0.135 e. The Morgan fingerprint density at radius 1 is 1.39 bits per heavy atom. The van der Waals surface area contributed by atoms with E-state index in [0.29, 0.717) is 17.0 Å². The van der Waals surface area contributed by atoms with Crippen LogP contribution >= 0.6 is 11.6 Å². The van der Waals surface area contributed by atoms with E-state index < -0.39 is 0 Å². The second kappa shape index (κ2) is 4.67. The van der Waals surface area contributed by atoms with Crippen molar-refractivity contribution in [3.8, 4) is 0 Å². The van der Waals surface area contributed by atoms with Crippen LogP contribution in [0.3, 0.4) is 0 Å². The second-order valence-electron chi connectivity index (χ2n) is 5.55. The number of anilines is 1. The zero-order valence-corrected chi connectivity index (χ0v) is 11.3. The van der Waals surface area contributed by atoms with Gasteiger partial charge in [-0.2, -0.15) is 0 Å². The molecule has 1 aromatic rings. The highest BCUT2D eigenvalue weighted by atomic mass is 35.5. The van der Waals surface area contributed by atoms with E-state index in [9.17, 15) is 5.11 Å². The molecule has 2 aliphatic carbocycles. The third-order valence-electron chi connectivity index (χ3n) is 3.78. The van der Waals surface area contributed by atoms with Crippen LogP contribution in [0.4, 0.5) is 5.82 Å². The molecule has 5 heteroatoms. The molecule has 0 bridgehead atoms. The predicted octanol–water partition coefficient (Wildman–Crippen LogP) is 2.21. The largest absolute Gasteiger partial charge is 0.393 e. The van der Waals surface area contributed by atoms with Gasteiger partial charge in [0.05, 0.1) is 6.10 Å². The molecule has 1 aromatic heterocycles. The standard InChI is InChI=1S/C13H18ClN3O/c1-17(7-8-4-10(18)5-8)12-6-11(14)15-13(16-12)9-2-3-9/h6,8-10,18H,2-5,7H2,1H3. The van der Waals surface area contributed by atoms with Crippen molar-refractivity contribution in [3.05, 3.63) is 17.0 Å². The molecule has 2 aliphatic rings. The molecule has 0 unspecified atom stereocenters. The molecule has 18 heavy (non-hydrogen) atoms. The topological polar surface area (TPSA) is 49.2 Å². The van der Waals surface area contributed by atoms with E-state index in [0.717, 1.165) is 31.0 Å². The van der Waals surface area contributed by atoms with Gasteiger partial charge in [0.2, 0.25) is 0 Å². The van der Waals surface area contributed by atoms with Gasteiger partial charge >= 0.3 is 0 Å². The summed E-state index contributed by atoms with van der Waals surface area (Å²) >= 11 is 6.06. The monoisotopic (exact) mass is 267 g/mol. The van der Waals surface area contributed by atoms with Gasteiger partial charge in [0.1, 0.15) is 16.8 Å². The van der Waals surface area contributed by atoms with E-state index in [1.807, 2.05) is 13.1 Å². The summed E-state index contributed by atoms with van der Waals surface area (Å²) in [6.07, 6.45) is 4.06. The van der Waals surface area contributed by atoms with Crippen molar-refractivity contribution in [2.45, 2.75) is 37.7 Å². The Labute approximate surface area is 112 Å². The SMILES string of the molecule is CN(CC1CC(O)C1)c1cc(Cl)nc(C2CC2)n1. The van der Waals surface area contributed by atoms with Gasteiger partial charge in [-0.1, -0.05) is 11.6 Å². The summed E-state index contributed by atoms with van der Waals surface area (Å²) < 4.78 is 0. The van der Waals surface area contributed by atoms with Gasteiger partial charge in [-0.25, -0.2) is 9.97 Å². The Kier molecular flexibility index (Phi) is 3.16. The van der Waals surface area contributed by atoms with Crippen LogP contribution in [-0.2, 0) is 0 Å². The lowest BCUT2D eigenvalue weighted by atomic mass is 9.82. The van der Waals surface area contributed by atoms with Gasteiger partial charge in [0.25, 0.3) is 0 Å². The molecule has 0 saturated heterocycles. The predicted molar refractivity (Wildman–Crippen MR) is 71.0 cm³/mol. The van der Waals surface area contributed by atoms with Crippen LogP contribution in [0.5, 0.6) is 0 Å². The number of rotatable bonds is 4. The van der Waals surface area contributed by atoms with E-state index in [1.54, 1.807) is 0 Å². The first-order valence-electron chi connectivity index (χ1n) is 6.55. The molecule has 0 atom stereocenters. The maximum atomic E-state index is 9.31. The number of hydrogen-bond acceptors (Lipinski definition) is 4. The normalized spacial score (nSPS) is 26.8. The maximum Gasteiger partial charge on any atom is 0.135 e. The summed E-state index contributed by atoms with van der Waals surface area (Å²) in [4.78, 5) is 11.0. The molecular formula is C13H18ClN3O. The Bertz CT molecular complexity index is 444. The van der Waals surface area contributed by atoms with Gasteiger partial charge in [0, 0.05) is 25.6 Å². The van der Waals surface area contributed by atoms with Gasteiger partial charge < -0.3 is 10.0 Å². The van der Waals surface area contributed by atoms with Crippen LogP contribution in [0.2, 0.25) is 5.15 Å². The minimum atomic E-state index is -0.0978. The molecule has 1 N–H and O–H groups in total. The van der Waals surface area contributed by atoms with E-state index in [4.69, 9.17) is 11.6 Å². The molecule has 0 aromatic carbocycles. The summed E-state index contributed by atoms with van der Waals surface area (Å²) in [5.74, 6) is 2.88. The van der Waals surface area contributed by atoms with Crippen LogP contribution in [0.25, 0.3) is 0 Å². The third-order valence-corrected chi connectivity index (χ3v) is 3.97. The fourth-order valence-electron chi connectivity index (χ4n) is 2.47. The van der Waals surface area contributed by atoms with Crippen LogP contribution in [0.1, 0.15) is 37.4 Å². The van der Waals surface area contributed by atoms with Crippen molar-refractivity contribution in [2.75, 3.05) is 18.5 Å². The number of aliphatic hydroxyl groups excluding tert-OH is 1. The second-order valence-corrected chi connectivity index (χ2v) is 5.94. The summed E-state index contributed by atoms with van der Waals surface area (Å²) in [6, 6.07) is 1.82. The van der Waals surface area contributed by atoms with Crippen molar-refractivity contribution >= 4 is 17.4 Å². The van der Waals surface area contributed by atoms with Crippen molar-refractivity contribution in [1.29, 1.82) is 0 Å². The first-order chi connectivity index (χ1) is 8.61. The molecule has 0 aliphatic heterocycles. The van der Waals surface area contributed by atoms with Gasteiger partial charge in [-0.05, 0) is 31.6 Å². The van der Waals surface area contributed by atoms with Gasteiger partial charge in [-0.3, -0.25) is 0 Å². The average molecular weight is 268 g/mol. The molecule has 0 spiro atoms. The van der Waals surface area contributed by atoms with Crippen molar-refractivity contribution in [3.63, 3.8) is 0 Å². The molecule has 3 rings (SSSR count). The Morgan fingerprint density at radius 2 is 2.11 bits per heavy atom. The van der Waals surface area contributed by atoms with Crippen LogP contribution in [0.15, 0.2) is 6.07 Å². The lowest BCUT2D eigenvalue weighted by Crippen LogP contribution is -2.37. The van der Waals surface area contributed by atoms with E-state index in [2.05, 4.69) is 14.9 Å². The number of nitrogens with zero attached hydrogens (tertiary/aromatic N) is 3. The van der Waals surface area contributed by atoms with Gasteiger partial charge in [0.15, 0.2) is 0 Å². The molecule has 2 fully saturated rings. The molecule has 1 heterocycles. The quantitative estimate of drug-likeness (QED) is 0.850. The fourth-order valence-corrected chi connectivity index (χ4v) is 2.66. The Hall–Kier alpha value is -0.870. The van der Waals surface area contributed by atoms with Gasteiger partial charge in [-0.15, -0.1) is 0 Å². The molecule has 4 nitrogen and oxygen atoms in total. The lowest BCUT2D eigenvalue weighted by molar-refractivity contribution is 0.0464. The number of halogens is 1. The van der Waals surface area contributed by atoms with Crippen LogP contribution in [0, 0.1) is 5.92 Å². The Balaban J connectivity index is 1.70. The van der Waals surface area contributed by atoms with Crippen LogP contribution in [-0.4, -0.2) is 34.8 Å². The van der Waals surface area contributed by atoms with E-state index in [1.165, 1.54) is 12.8 Å². The highest BCUT2D eigenvalue weighted by Gasteiger charge is 2.30. The highest BCUT2D eigenvalue weighted by Crippen LogP contribution is 2.39. The zero-order chi connectivity index (χ0) is 12.7. The fraction of sp³-hybridized carbons (Fsp3) is 0.692. The summed E-state index contributed by atoms with van der Waals surface area (Å²) in [6.45, 7) is 0.925. The number of aliphatic hydroxyl groups is 1. The third kappa shape index (κ3) is 2.59. The maximum absolute atomic E-state index is 9.31. The van der Waals surface area contributed by atoms with Crippen molar-refractivity contribution in [2.24, 2.45) is 5.92 Å². The zero-order valence-electron chi connectivity index (χ0n) is 10.5. The summed E-state index contributed by atoms with van der Waals surface area (Å²) in [5, 5.41) is 9.84. The molecular weight excluding hydrogens is 250 g/mol. The molecule has 2 saturated carbocycles. The first-order valence-corrected chi connectivity index (χ1v) is 6.93. The summed E-state index contributed by atoms with van der Waals surface area (Å²) in [7, 11) is 2.03. The minimum absolute atomic E-state index is 0.0978. The first kappa shape index (κ1) is 12.2. The van der Waals surface area contributed by atoms with Crippen molar-refractivity contribution in [1.82, 2.24) is 9.97 Å². The molecule has 0 amide bonds. The average Bonchev–Trinajstić information content (AvgIpc) is 3.09. The molecule has 98 valence electrons. The van der Waals surface area contributed by atoms with E-state index >= 15 is 0 Å². The van der Waals surface area contributed by atoms with Crippen LogP contribution < -0.4 is 4.90 Å². The number of aromatic nitrogens is 2. The van der Waals surface area contributed by atoms with Crippen molar-refractivity contribution < 1.29 is 5.11 Å². The lowest BCUT2D eigenvalue weighted by Gasteiger charge is -2.34. The number of hydrogen-bond donors (Lipinski definition) is 1. The minimum Gasteiger partial charge on any atom is -0.393 e. The Morgan fingerprint density at radius 3 is 2.72 bits per heavy atom. The highest BCUT2D eigenvalue weighted by molar-refractivity contribution is 6.29. The van der Waals surface area contributed by atoms with E-state index in [-0.39, 0.29) is 6.10 Å².